The van der Waals surface area contributed by atoms with Crippen molar-refractivity contribution in [3.8, 4) is 0 Å². The predicted molar refractivity (Wildman–Crippen MR) is 61.2 cm³/mol. The third-order valence-corrected chi connectivity index (χ3v) is 3.32. The maximum atomic E-state index is 12.6. The molecular weight excluding hydrogens is 245 g/mol. The molecule has 6 heteroatoms. The number of aliphatic hydroxyl groups excluding tert-OH is 1. The van der Waals surface area contributed by atoms with Crippen LogP contribution in [-0.4, -0.2) is 29.3 Å². The first-order chi connectivity index (χ1) is 8.38. The molecule has 1 N–H and O–H groups in total. The summed E-state index contributed by atoms with van der Waals surface area (Å²) in [7, 11) is 0. The number of hydrogen-bond acceptors (Lipinski definition) is 3. The van der Waals surface area contributed by atoms with Gasteiger partial charge in [-0.2, -0.15) is 13.2 Å². The summed E-state index contributed by atoms with van der Waals surface area (Å²) in [5, 5.41) is 9.75. The van der Waals surface area contributed by atoms with Crippen molar-refractivity contribution in [3.63, 3.8) is 0 Å². The van der Waals surface area contributed by atoms with E-state index in [1.54, 1.807) is 4.90 Å². The summed E-state index contributed by atoms with van der Waals surface area (Å²) in [6, 6.07) is 1.98. The highest BCUT2D eigenvalue weighted by atomic mass is 19.4. The lowest BCUT2D eigenvalue weighted by atomic mass is 9.96. The van der Waals surface area contributed by atoms with Crippen molar-refractivity contribution in [1.29, 1.82) is 0 Å². The normalized spacial score (nSPS) is 25.3. The molecule has 1 aromatic rings. The smallest absolute Gasteiger partial charge is 0.391 e. The molecule has 1 aliphatic rings. The van der Waals surface area contributed by atoms with E-state index in [0.717, 1.165) is 24.8 Å². The van der Waals surface area contributed by atoms with Crippen LogP contribution < -0.4 is 4.90 Å². The van der Waals surface area contributed by atoms with Crippen molar-refractivity contribution in [1.82, 2.24) is 4.98 Å². The summed E-state index contributed by atoms with van der Waals surface area (Å²) in [6.07, 6.45) is -2.98. The number of β-amino-alcohol motifs (C(OH)–C–C–N with tert-alkyl or cyclic N) is 1. The summed E-state index contributed by atoms with van der Waals surface area (Å²) < 4.78 is 37.7. The molecule has 1 aliphatic heterocycles. The van der Waals surface area contributed by atoms with E-state index in [0.29, 0.717) is 13.1 Å². The highest BCUT2D eigenvalue weighted by Gasteiger charge is 2.32. The first-order valence-corrected chi connectivity index (χ1v) is 5.84. The number of pyridine rings is 1. The molecule has 0 radical (unpaired) electrons. The topological polar surface area (TPSA) is 36.4 Å². The van der Waals surface area contributed by atoms with Crippen molar-refractivity contribution in [2.75, 3.05) is 18.0 Å². The lowest BCUT2D eigenvalue weighted by Crippen LogP contribution is -2.43. The van der Waals surface area contributed by atoms with Crippen LogP contribution in [0.3, 0.4) is 0 Å². The largest absolute Gasteiger partial charge is 0.416 e. The molecule has 0 amide bonds. The minimum atomic E-state index is -4.36. The average molecular weight is 260 g/mol. The minimum Gasteiger partial charge on any atom is -0.391 e. The highest BCUT2D eigenvalue weighted by molar-refractivity contribution is 5.42. The Morgan fingerprint density at radius 3 is 2.78 bits per heavy atom. The summed E-state index contributed by atoms with van der Waals surface area (Å²) in [5.74, 6) is 0.447. The lowest BCUT2D eigenvalue weighted by Gasteiger charge is -2.35. The van der Waals surface area contributed by atoms with Gasteiger partial charge >= 0.3 is 6.18 Å². The van der Waals surface area contributed by atoms with Crippen LogP contribution in [0.2, 0.25) is 0 Å². The van der Waals surface area contributed by atoms with E-state index in [1.165, 1.54) is 0 Å². The number of anilines is 1. The highest BCUT2D eigenvalue weighted by Crippen LogP contribution is 2.31. The van der Waals surface area contributed by atoms with Crippen molar-refractivity contribution in [2.45, 2.75) is 25.6 Å². The Labute approximate surface area is 103 Å². The molecular formula is C12H15F3N2O. The minimum absolute atomic E-state index is 0.173. The van der Waals surface area contributed by atoms with Crippen LogP contribution >= 0.6 is 0 Å². The monoisotopic (exact) mass is 260 g/mol. The Kier molecular flexibility index (Phi) is 3.47. The Morgan fingerprint density at radius 1 is 1.44 bits per heavy atom. The number of hydrogen-bond donors (Lipinski definition) is 1. The zero-order chi connectivity index (χ0) is 13.3. The molecule has 0 saturated carbocycles. The molecule has 0 aromatic carbocycles. The van der Waals surface area contributed by atoms with Gasteiger partial charge in [0, 0.05) is 19.3 Å². The molecule has 2 heterocycles. The summed E-state index contributed by atoms with van der Waals surface area (Å²) in [6.45, 7) is 2.88. The van der Waals surface area contributed by atoms with E-state index in [2.05, 4.69) is 4.98 Å². The fraction of sp³-hybridized carbons (Fsp3) is 0.583. The molecule has 2 atom stereocenters. The molecule has 2 unspecified atom stereocenters. The molecule has 100 valence electrons. The van der Waals surface area contributed by atoms with Gasteiger partial charge in [0.1, 0.15) is 5.82 Å². The van der Waals surface area contributed by atoms with Crippen molar-refractivity contribution < 1.29 is 18.3 Å². The molecule has 18 heavy (non-hydrogen) atoms. The van der Waals surface area contributed by atoms with E-state index in [4.69, 9.17) is 0 Å². The molecule has 1 aromatic heterocycles. The van der Waals surface area contributed by atoms with E-state index in [-0.39, 0.29) is 11.7 Å². The van der Waals surface area contributed by atoms with Crippen LogP contribution in [0.4, 0.5) is 19.0 Å². The van der Waals surface area contributed by atoms with Gasteiger partial charge in [0.2, 0.25) is 0 Å². The quantitative estimate of drug-likeness (QED) is 0.841. The number of aromatic nitrogens is 1. The van der Waals surface area contributed by atoms with Crippen molar-refractivity contribution in [2.24, 2.45) is 5.92 Å². The van der Waals surface area contributed by atoms with Crippen LogP contribution in [0.15, 0.2) is 18.3 Å². The lowest BCUT2D eigenvalue weighted by molar-refractivity contribution is -0.137. The van der Waals surface area contributed by atoms with Crippen LogP contribution in [0, 0.1) is 5.92 Å². The van der Waals surface area contributed by atoms with Gasteiger partial charge in [-0.15, -0.1) is 0 Å². The maximum absolute atomic E-state index is 12.6. The van der Waals surface area contributed by atoms with E-state index >= 15 is 0 Å². The molecule has 0 bridgehead atoms. The standard InChI is InChI=1S/C12H15F3N2O/c1-8-3-5-17(7-10(8)18)11-6-9(2-4-16-11)12(13,14)15/h2,4,6,8,10,18H,3,5,7H2,1H3. The number of aliphatic hydroxyl groups is 1. The maximum Gasteiger partial charge on any atom is 0.416 e. The average Bonchev–Trinajstić information content (AvgIpc) is 2.32. The van der Waals surface area contributed by atoms with Gasteiger partial charge in [0.25, 0.3) is 0 Å². The Morgan fingerprint density at radius 2 is 2.17 bits per heavy atom. The Bertz CT molecular complexity index is 422. The second kappa shape index (κ2) is 4.76. The molecule has 0 aliphatic carbocycles. The fourth-order valence-corrected chi connectivity index (χ4v) is 2.02. The third kappa shape index (κ3) is 2.75. The second-order valence-corrected chi connectivity index (χ2v) is 4.68. The second-order valence-electron chi connectivity index (χ2n) is 4.68. The zero-order valence-electron chi connectivity index (χ0n) is 9.98. The van der Waals surface area contributed by atoms with Gasteiger partial charge in [-0.3, -0.25) is 0 Å². The van der Waals surface area contributed by atoms with E-state index in [9.17, 15) is 18.3 Å². The molecule has 1 saturated heterocycles. The Balaban J connectivity index is 2.19. The van der Waals surface area contributed by atoms with Crippen LogP contribution in [0.5, 0.6) is 0 Å². The number of alkyl halides is 3. The van der Waals surface area contributed by atoms with Crippen LogP contribution in [0.25, 0.3) is 0 Å². The number of nitrogens with zero attached hydrogens (tertiary/aromatic N) is 2. The van der Waals surface area contributed by atoms with Crippen molar-refractivity contribution in [3.05, 3.63) is 23.9 Å². The van der Waals surface area contributed by atoms with Gasteiger partial charge in [-0.1, -0.05) is 6.92 Å². The molecule has 1 fully saturated rings. The third-order valence-electron chi connectivity index (χ3n) is 3.32. The van der Waals surface area contributed by atoms with Gasteiger partial charge in [0.05, 0.1) is 11.7 Å². The number of rotatable bonds is 1. The fourth-order valence-electron chi connectivity index (χ4n) is 2.02. The first kappa shape index (κ1) is 13.1. The summed E-state index contributed by atoms with van der Waals surface area (Å²) in [4.78, 5) is 5.65. The molecule has 0 spiro atoms. The van der Waals surface area contributed by atoms with Crippen molar-refractivity contribution >= 4 is 5.82 Å². The van der Waals surface area contributed by atoms with Gasteiger partial charge in [-0.05, 0) is 24.5 Å². The first-order valence-electron chi connectivity index (χ1n) is 5.84. The SMILES string of the molecule is CC1CCN(c2cc(C(F)(F)F)ccn2)CC1O. The van der Waals surface area contributed by atoms with Gasteiger partial charge < -0.3 is 10.0 Å². The zero-order valence-corrected chi connectivity index (χ0v) is 9.98. The summed E-state index contributed by atoms with van der Waals surface area (Å²) in [5.41, 5.74) is -0.708. The van der Waals surface area contributed by atoms with Gasteiger partial charge in [-0.25, -0.2) is 4.98 Å². The van der Waals surface area contributed by atoms with Crippen LogP contribution in [-0.2, 0) is 6.18 Å². The van der Waals surface area contributed by atoms with Gasteiger partial charge in [0.15, 0.2) is 0 Å². The molecule has 2 rings (SSSR count). The number of halogens is 3. The Hall–Kier alpha value is -1.30. The van der Waals surface area contributed by atoms with E-state index in [1.807, 2.05) is 6.92 Å². The van der Waals surface area contributed by atoms with Crippen LogP contribution in [0.1, 0.15) is 18.9 Å². The molecule has 3 nitrogen and oxygen atoms in total. The number of piperidine rings is 1. The summed E-state index contributed by atoms with van der Waals surface area (Å²) >= 11 is 0. The van der Waals surface area contributed by atoms with E-state index < -0.39 is 17.8 Å². The predicted octanol–water partition coefficient (Wildman–Crippen LogP) is 2.31.